The maximum atomic E-state index is 13.1. The number of aliphatic hydroxyl groups is 5. The lowest BCUT2D eigenvalue weighted by atomic mass is 9.52. The molecule has 12 atom stereocenters. The number of amides is 1. The third kappa shape index (κ3) is 8.61. The van der Waals surface area contributed by atoms with E-state index in [0.29, 0.717) is 36.8 Å². The Morgan fingerprint density at radius 1 is 1.10 bits per heavy atom. The van der Waals surface area contributed by atoms with Crippen LogP contribution in [0.5, 0.6) is 5.75 Å². The first kappa shape index (κ1) is 39.2. The minimum Gasteiger partial charge on any atom is -0.473 e. The van der Waals surface area contributed by atoms with Crippen molar-refractivity contribution in [3.8, 4) is 5.75 Å². The molecule has 2 saturated carbocycles. The Labute approximate surface area is 293 Å². The minimum absolute atomic E-state index is 0.178. The average molecular weight is 736 g/mol. The first-order chi connectivity index (χ1) is 23.7. The molecule has 1 heterocycles. The predicted molar refractivity (Wildman–Crippen MR) is 176 cm³/mol. The SMILES string of the molecule is CCCN(COc1ccc2c(c1)CC(CCCS(=O)CCC(F)(F)F)C1C2CC[C@@]2(C)C1CC[C@@H]2O)C(=O)O[C@@H]1O[C@H](CO)[C@@H](O)[C@H](O)[C@H]1O. The van der Waals surface area contributed by atoms with E-state index in [1.807, 2.05) is 19.1 Å². The molecule has 284 valence electrons. The maximum absolute atomic E-state index is 13.1. The van der Waals surface area contributed by atoms with Gasteiger partial charge in [0.1, 0.15) is 30.2 Å². The number of benzene rings is 1. The Morgan fingerprint density at radius 2 is 1.86 bits per heavy atom. The third-order valence-corrected chi connectivity index (χ3v) is 13.0. The third-order valence-electron chi connectivity index (χ3n) is 11.6. The molecule has 1 aromatic carbocycles. The molecule has 1 amide bonds. The van der Waals surface area contributed by atoms with E-state index < -0.39 is 66.8 Å². The summed E-state index contributed by atoms with van der Waals surface area (Å²) >= 11 is 0. The van der Waals surface area contributed by atoms with Gasteiger partial charge in [0.25, 0.3) is 0 Å². The second kappa shape index (κ2) is 16.3. The van der Waals surface area contributed by atoms with Crippen LogP contribution in [-0.4, -0.2) is 115 Å². The first-order valence-electron chi connectivity index (χ1n) is 17.8. The first-order valence-corrected chi connectivity index (χ1v) is 19.3. The van der Waals surface area contributed by atoms with Crippen LogP contribution >= 0.6 is 0 Å². The number of rotatable bonds is 13. The Hall–Kier alpha value is -2.01. The van der Waals surface area contributed by atoms with Crippen molar-refractivity contribution in [1.29, 1.82) is 0 Å². The lowest BCUT2D eigenvalue weighted by molar-refractivity contribution is -0.286. The van der Waals surface area contributed by atoms with E-state index >= 15 is 0 Å². The number of carbonyl (C=O) groups excluding carboxylic acids is 1. The van der Waals surface area contributed by atoms with Gasteiger partial charge in [-0.2, -0.15) is 13.2 Å². The second-order valence-electron chi connectivity index (χ2n) is 14.7. The molecule has 15 heteroatoms. The predicted octanol–water partition coefficient (Wildman–Crippen LogP) is 3.60. The number of carbonyl (C=O) groups is 1. The van der Waals surface area contributed by atoms with Gasteiger partial charge < -0.3 is 39.7 Å². The van der Waals surface area contributed by atoms with Gasteiger partial charge in [0.15, 0.2) is 6.73 Å². The molecule has 0 bridgehead atoms. The van der Waals surface area contributed by atoms with Crippen LogP contribution in [0.3, 0.4) is 0 Å². The van der Waals surface area contributed by atoms with Gasteiger partial charge >= 0.3 is 12.3 Å². The number of halogens is 3. The van der Waals surface area contributed by atoms with Crippen molar-refractivity contribution >= 4 is 16.9 Å². The van der Waals surface area contributed by atoms with Gasteiger partial charge in [-0.3, -0.25) is 9.11 Å². The van der Waals surface area contributed by atoms with Gasteiger partial charge in [0, 0.05) is 28.9 Å². The molecular weight excluding hydrogens is 683 g/mol. The van der Waals surface area contributed by atoms with Gasteiger partial charge in [-0.15, -0.1) is 0 Å². The van der Waals surface area contributed by atoms with Gasteiger partial charge in [0.2, 0.25) is 6.29 Å². The Morgan fingerprint density at radius 3 is 2.56 bits per heavy atom. The summed E-state index contributed by atoms with van der Waals surface area (Å²) in [5, 5.41) is 50.8. The Balaban J connectivity index is 1.27. The summed E-state index contributed by atoms with van der Waals surface area (Å²) in [6.45, 7) is 3.43. The van der Waals surface area contributed by atoms with Crippen molar-refractivity contribution in [3.63, 3.8) is 0 Å². The van der Waals surface area contributed by atoms with Crippen molar-refractivity contribution < 1.29 is 61.9 Å². The summed E-state index contributed by atoms with van der Waals surface area (Å²) in [7, 11) is -1.55. The van der Waals surface area contributed by atoms with Crippen LogP contribution in [0.4, 0.5) is 18.0 Å². The monoisotopic (exact) mass is 735 g/mol. The standard InChI is InChI=1S/C35H52F3NO10S/c1-3-13-39(33(45)49-32-31(44)30(43)29(42)26(18-40)48-32)19-47-22-6-7-23-21(17-22)16-20(5-4-14-50(46)15-12-35(36,37)38)28-24(23)10-11-34(2)25(28)8-9-27(34)41/h6-7,17,20,24-32,40-44H,3-5,8-16,18-19H2,1-2H3/t20?,24?,25?,26-,27+,28?,29-,30+,31-,32+,34+,50?/m1/s1. The smallest absolute Gasteiger partial charge is 0.414 e. The minimum atomic E-state index is -4.33. The largest absolute Gasteiger partial charge is 0.473 e. The fraction of sp³-hybridized carbons (Fsp3) is 0.800. The highest BCUT2D eigenvalue weighted by Crippen LogP contribution is 2.62. The van der Waals surface area contributed by atoms with Gasteiger partial charge in [-0.1, -0.05) is 19.9 Å². The summed E-state index contributed by atoms with van der Waals surface area (Å²) < 4.78 is 67.2. The molecule has 0 radical (unpaired) electrons. The summed E-state index contributed by atoms with van der Waals surface area (Å²) in [4.78, 5) is 14.4. The molecule has 50 heavy (non-hydrogen) atoms. The number of hydrogen-bond donors (Lipinski definition) is 5. The molecule has 5 rings (SSSR count). The number of hydrogen-bond acceptors (Lipinski definition) is 10. The Kier molecular flexibility index (Phi) is 12.8. The van der Waals surface area contributed by atoms with Crippen LogP contribution in [0.2, 0.25) is 0 Å². The van der Waals surface area contributed by atoms with Crippen LogP contribution in [0, 0.1) is 23.2 Å². The number of ether oxygens (including phenoxy) is 3. The molecule has 5 unspecified atom stereocenters. The van der Waals surface area contributed by atoms with E-state index in [-0.39, 0.29) is 48.1 Å². The van der Waals surface area contributed by atoms with Crippen LogP contribution < -0.4 is 4.74 Å². The molecule has 4 aliphatic rings. The van der Waals surface area contributed by atoms with Crippen LogP contribution in [0.1, 0.15) is 82.3 Å². The second-order valence-corrected chi connectivity index (χ2v) is 16.4. The maximum Gasteiger partial charge on any atom is 0.414 e. The fourth-order valence-electron chi connectivity index (χ4n) is 8.92. The van der Waals surface area contributed by atoms with Gasteiger partial charge in [-0.05, 0) is 104 Å². The molecule has 11 nitrogen and oxygen atoms in total. The van der Waals surface area contributed by atoms with Gasteiger partial charge in [-0.25, -0.2) is 4.79 Å². The topological polar surface area (TPSA) is 166 Å². The molecule has 1 aromatic rings. The van der Waals surface area contributed by atoms with Crippen molar-refractivity contribution in [2.24, 2.45) is 23.2 Å². The normalized spacial score (nSPS) is 35.8. The van der Waals surface area contributed by atoms with Gasteiger partial charge in [0.05, 0.1) is 19.1 Å². The molecule has 1 aliphatic heterocycles. The fourth-order valence-corrected chi connectivity index (χ4v) is 10.1. The van der Waals surface area contributed by atoms with Crippen molar-refractivity contribution in [3.05, 3.63) is 29.3 Å². The molecule has 5 N–H and O–H groups in total. The highest BCUT2D eigenvalue weighted by molar-refractivity contribution is 7.84. The number of aliphatic hydroxyl groups excluding tert-OH is 5. The summed E-state index contributed by atoms with van der Waals surface area (Å²) in [6.07, 6.45) is -8.46. The molecule has 3 aliphatic carbocycles. The number of fused-ring (bicyclic) bond motifs is 5. The summed E-state index contributed by atoms with van der Waals surface area (Å²) in [6, 6.07) is 5.89. The molecule has 1 saturated heterocycles. The van der Waals surface area contributed by atoms with E-state index in [0.717, 1.165) is 37.7 Å². The highest BCUT2D eigenvalue weighted by atomic mass is 32.2. The van der Waals surface area contributed by atoms with Crippen LogP contribution in [0.25, 0.3) is 0 Å². The summed E-state index contributed by atoms with van der Waals surface area (Å²) in [5.74, 6) is 1.42. The number of alkyl halides is 3. The van der Waals surface area contributed by atoms with Crippen molar-refractivity contribution in [2.75, 3.05) is 31.4 Å². The zero-order chi connectivity index (χ0) is 36.4. The van der Waals surface area contributed by atoms with E-state index in [1.165, 1.54) is 10.5 Å². The van der Waals surface area contributed by atoms with E-state index in [4.69, 9.17) is 14.2 Å². The van der Waals surface area contributed by atoms with Crippen molar-refractivity contribution in [2.45, 2.75) is 121 Å². The highest BCUT2D eigenvalue weighted by Gasteiger charge is 2.56. The molecular formula is C35H52F3NO10S. The Bertz CT molecular complexity index is 1340. The number of nitrogens with zero attached hydrogens (tertiary/aromatic N) is 1. The zero-order valence-corrected chi connectivity index (χ0v) is 29.5. The van der Waals surface area contributed by atoms with E-state index in [1.54, 1.807) is 0 Å². The lowest BCUT2D eigenvalue weighted by Crippen LogP contribution is -2.60. The molecule has 3 fully saturated rings. The lowest BCUT2D eigenvalue weighted by Gasteiger charge is -2.53. The van der Waals surface area contributed by atoms with Crippen LogP contribution in [-0.2, 0) is 26.7 Å². The quantitative estimate of drug-likeness (QED) is 0.189. The van der Waals surface area contributed by atoms with E-state index in [2.05, 4.69) is 13.0 Å². The summed E-state index contributed by atoms with van der Waals surface area (Å²) in [5.41, 5.74) is 2.14. The van der Waals surface area contributed by atoms with Crippen molar-refractivity contribution in [1.82, 2.24) is 4.90 Å². The van der Waals surface area contributed by atoms with E-state index in [9.17, 15) is 47.7 Å². The average Bonchev–Trinajstić information content (AvgIpc) is 3.38. The molecule has 0 aromatic heterocycles. The molecule has 0 spiro atoms. The zero-order valence-electron chi connectivity index (χ0n) is 28.7. The van der Waals surface area contributed by atoms with Crippen LogP contribution in [0.15, 0.2) is 18.2 Å².